The molecule has 0 aliphatic rings. The van der Waals surface area contributed by atoms with Gasteiger partial charge in [0.25, 0.3) is 5.91 Å². The van der Waals surface area contributed by atoms with E-state index >= 15 is 0 Å². The summed E-state index contributed by atoms with van der Waals surface area (Å²) in [5, 5.41) is 4.07. The summed E-state index contributed by atoms with van der Waals surface area (Å²) in [6.45, 7) is 0.366. The fourth-order valence-electron chi connectivity index (χ4n) is 2.76. The average molecular weight is 425 g/mol. The molecule has 1 aromatic heterocycles. The fourth-order valence-corrected chi connectivity index (χ4v) is 3.75. The predicted molar refractivity (Wildman–Crippen MR) is 116 cm³/mol. The Balaban J connectivity index is 1.47. The molecule has 0 saturated heterocycles. The first-order chi connectivity index (χ1) is 14.1. The van der Waals surface area contributed by atoms with Crippen LogP contribution >= 0.6 is 22.9 Å². The second-order valence-electron chi connectivity index (χ2n) is 6.22. The second-order valence-corrected chi connectivity index (χ2v) is 7.69. The van der Waals surface area contributed by atoms with Crippen molar-refractivity contribution in [3.8, 4) is 11.5 Å². The third kappa shape index (κ3) is 4.50. The Morgan fingerprint density at radius 2 is 1.86 bits per heavy atom. The normalized spacial score (nSPS) is 10.7. The Bertz CT molecular complexity index is 1130. The number of rotatable bonds is 6. The van der Waals surface area contributed by atoms with Crippen molar-refractivity contribution in [1.29, 1.82) is 0 Å². The minimum atomic E-state index is -0.258. The van der Waals surface area contributed by atoms with Gasteiger partial charge < -0.3 is 9.47 Å². The zero-order valence-electron chi connectivity index (χ0n) is 15.5. The van der Waals surface area contributed by atoms with Gasteiger partial charge in [0.05, 0.1) is 17.3 Å². The monoisotopic (exact) mass is 424 g/mol. The van der Waals surface area contributed by atoms with Crippen LogP contribution in [-0.2, 0) is 6.61 Å². The highest BCUT2D eigenvalue weighted by Gasteiger charge is 2.13. The van der Waals surface area contributed by atoms with E-state index in [4.69, 9.17) is 21.1 Å². The zero-order valence-corrected chi connectivity index (χ0v) is 17.1. The van der Waals surface area contributed by atoms with Crippen LogP contribution < -0.4 is 14.8 Å². The summed E-state index contributed by atoms with van der Waals surface area (Å²) in [5.74, 6) is 0.779. The lowest BCUT2D eigenvalue weighted by atomic mass is 10.2. The summed E-state index contributed by atoms with van der Waals surface area (Å²) >= 11 is 7.33. The number of thiazole rings is 1. The van der Waals surface area contributed by atoms with Crippen molar-refractivity contribution in [3.63, 3.8) is 0 Å². The zero-order chi connectivity index (χ0) is 20.2. The number of halogens is 1. The number of methoxy groups -OCH3 is 1. The van der Waals surface area contributed by atoms with Gasteiger partial charge in [-0.05, 0) is 48.0 Å². The van der Waals surface area contributed by atoms with Gasteiger partial charge in [-0.25, -0.2) is 4.98 Å². The topological polar surface area (TPSA) is 60.5 Å². The molecule has 29 heavy (non-hydrogen) atoms. The fraction of sp³-hybridized carbons (Fsp3) is 0.0909. The lowest BCUT2D eigenvalue weighted by Crippen LogP contribution is -2.12. The van der Waals surface area contributed by atoms with Crippen molar-refractivity contribution in [1.82, 2.24) is 4.98 Å². The number of hydrogen-bond donors (Lipinski definition) is 1. The molecule has 5 nitrogen and oxygen atoms in total. The number of carbonyl (C=O) groups excluding carboxylic acids is 1. The van der Waals surface area contributed by atoms with E-state index in [-0.39, 0.29) is 5.91 Å². The minimum absolute atomic E-state index is 0.258. The molecular formula is C22H17ClN2O3S. The van der Waals surface area contributed by atoms with Crippen molar-refractivity contribution in [2.24, 2.45) is 0 Å². The molecule has 1 amide bonds. The van der Waals surface area contributed by atoms with E-state index in [0.29, 0.717) is 33.8 Å². The van der Waals surface area contributed by atoms with Gasteiger partial charge in [-0.2, -0.15) is 0 Å². The molecule has 1 N–H and O–H groups in total. The number of aromatic nitrogens is 1. The molecular weight excluding hydrogens is 408 g/mol. The van der Waals surface area contributed by atoms with Gasteiger partial charge in [0.1, 0.15) is 6.61 Å². The Morgan fingerprint density at radius 1 is 1.07 bits per heavy atom. The van der Waals surface area contributed by atoms with E-state index in [0.717, 1.165) is 15.8 Å². The molecule has 0 bridgehead atoms. The van der Waals surface area contributed by atoms with Crippen LogP contribution in [0.3, 0.4) is 0 Å². The van der Waals surface area contributed by atoms with Gasteiger partial charge in [-0.1, -0.05) is 47.2 Å². The number of benzene rings is 3. The third-order valence-electron chi connectivity index (χ3n) is 4.25. The van der Waals surface area contributed by atoms with Gasteiger partial charge in [0.2, 0.25) is 0 Å². The summed E-state index contributed by atoms with van der Waals surface area (Å²) in [6, 6.07) is 20.2. The summed E-state index contributed by atoms with van der Waals surface area (Å²) < 4.78 is 12.3. The number of anilines is 1. The Labute approximate surface area is 176 Å². The van der Waals surface area contributed by atoms with Crippen LogP contribution in [0.4, 0.5) is 5.13 Å². The molecule has 0 unspecified atom stereocenters. The molecule has 0 aliphatic heterocycles. The molecule has 4 rings (SSSR count). The van der Waals surface area contributed by atoms with Gasteiger partial charge >= 0.3 is 0 Å². The van der Waals surface area contributed by atoms with Gasteiger partial charge in [-0.3, -0.25) is 10.1 Å². The van der Waals surface area contributed by atoms with E-state index in [1.54, 1.807) is 25.3 Å². The summed E-state index contributed by atoms with van der Waals surface area (Å²) in [6.07, 6.45) is 0. The highest BCUT2D eigenvalue weighted by atomic mass is 35.5. The van der Waals surface area contributed by atoms with E-state index in [1.165, 1.54) is 11.3 Å². The lowest BCUT2D eigenvalue weighted by molar-refractivity contribution is 0.102. The van der Waals surface area contributed by atoms with Crippen LogP contribution in [0.15, 0.2) is 66.7 Å². The second kappa shape index (κ2) is 8.51. The van der Waals surface area contributed by atoms with Crippen molar-refractivity contribution in [2.45, 2.75) is 6.61 Å². The molecule has 7 heteroatoms. The van der Waals surface area contributed by atoms with Crippen LogP contribution in [0.25, 0.3) is 10.2 Å². The molecule has 0 spiro atoms. The lowest BCUT2D eigenvalue weighted by Gasteiger charge is -2.12. The first kappa shape index (κ1) is 19.2. The highest BCUT2D eigenvalue weighted by molar-refractivity contribution is 7.22. The van der Waals surface area contributed by atoms with E-state index in [1.807, 2.05) is 48.5 Å². The Morgan fingerprint density at radius 3 is 2.62 bits per heavy atom. The number of para-hydroxylation sites is 1. The Kier molecular flexibility index (Phi) is 5.64. The van der Waals surface area contributed by atoms with E-state index in [9.17, 15) is 4.79 Å². The summed E-state index contributed by atoms with van der Waals surface area (Å²) in [5.41, 5.74) is 2.30. The van der Waals surface area contributed by atoms with E-state index in [2.05, 4.69) is 10.3 Å². The summed E-state index contributed by atoms with van der Waals surface area (Å²) in [4.78, 5) is 17.1. The number of nitrogens with zero attached hydrogens (tertiary/aromatic N) is 1. The van der Waals surface area contributed by atoms with Crippen LogP contribution in [0.5, 0.6) is 11.5 Å². The highest BCUT2D eigenvalue weighted by Crippen LogP contribution is 2.30. The van der Waals surface area contributed by atoms with Crippen molar-refractivity contribution in [2.75, 3.05) is 12.4 Å². The van der Waals surface area contributed by atoms with Gasteiger partial charge in [-0.15, -0.1) is 0 Å². The maximum Gasteiger partial charge on any atom is 0.257 e. The first-order valence-electron chi connectivity index (χ1n) is 8.84. The van der Waals surface area contributed by atoms with Crippen LogP contribution in [0.1, 0.15) is 15.9 Å². The van der Waals surface area contributed by atoms with Crippen LogP contribution in [0.2, 0.25) is 5.02 Å². The molecule has 4 aromatic rings. The molecule has 0 aliphatic carbocycles. The Hall–Kier alpha value is -3.09. The van der Waals surface area contributed by atoms with Gasteiger partial charge in [0.15, 0.2) is 16.6 Å². The molecule has 0 saturated carbocycles. The van der Waals surface area contributed by atoms with Gasteiger partial charge in [0, 0.05) is 10.6 Å². The number of carbonyl (C=O) groups is 1. The first-order valence-corrected chi connectivity index (χ1v) is 10.0. The number of amides is 1. The molecule has 0 radical (unpaired) electrons. The number of fused-ring (bicyclic) bond motifs is 1. The SMILES string of the molecule is COc1cc(C(=O)Nc2nc3ccccc3s2)ccc1OCc1ccc(Cl)cc1. The minimum Gasteiger partial charge on any atom is -0.493 e. The average Bonchev–Trinajstić information content (AvgIpc) is 3.15. The molecule has 0 atom stereocenters. The third-order valence-corrected chi connectivity index (χ3v) is 5.45. The number of hydrogen-bond acceptors (Lipinski definition) is 5. The number of nitrogens with one attached hydrogen (secondary N) is 1. The molecule has 0 fully saturated rings. The van der Waals surface area contributed by atoms with Crippen molar-refractivity contribution < 1.29 is 14.3 Å². The largest absolute Gasteiger partial charge is 0.493 e. The van der Waals surface area contributed by atoms with Crippen molar-refractivity contribution in [3.05, 3.63) is 82.9 Å². The summed E-state index contributed by atoms with van der Waals surface area (Å²) in [7, 11) is 1.54. The van der Waals surface area contributed by atoms with Crippen molar-refractivity contribution >= 4 is 44.2 Å². The maximum atomic E-state index is 12.6. The predicted octanol–water partition coefficient (Wildman–Crippen LogP) is 5.79. The molecule has 1 heterocycles. The number of ether oxygens (including phenoxy) is 2. The quantitative estimate of drug-likeness (QED) is 0.425. The molecule has 3 aromatic carbocycles. The van der Waals surface area contributed by atoms with Crippen LogP contribution in [-0.4, -0.2) is 18.0 Å². The van der Waals surface area contributed by atoms with Crippen LogP contribution in [0, 0.1) is 0 Å². The van der Waals surface area contributed by atoms with E-state index < -0.39 is 0 Å². The molecule has 146 valence electrons. The standard InChI is InChI=1S/C22H17ClN2O3S/c1-27-19-12-15(8-11-18(19)28-13-14-6-9-16(23)10-7-14)21(26)25-22-24-17-4-2-3-5-20(17)29-22/h2-12H,13H2,1H3,(H,24,25,26). The maximum absolute atomic E-state index is 12.6. The smallest absolute Gasteiger partial charge is 0.257 e.